The van der Waals surface area contributed by atoms with Gasteiger partial charge in [-0.25, -0.2) is 0 Å². The minimum atomic E-state index is -0.813. The molecule has 0 bridgehead atoms. The number of hydrogen-bond donors (Lipinski definition) is 2. The van der Waals surface area contributed by atoms with Crippen molar-refractivity contribution in [3.05, 3.63) is 82.0 Å². The van der Waals surface area contributed by atoms with E-state index in [1.165, 1.54) is 24.7 Å². The Morgan fingerprint density at radius 3 is 2.28 bits per heavy atom. The first-order valence-electron chi connectivity index (χ1n) is 12.5. The van der Waals surface area contributed by atoms with E-state index in [0.29, 0.717) is 11.4 Å². The highest BCUT2D eigenvalue weighted by Gasteiger charge is 2.34. The van der Waals surface area contributed by atoms with Crippen LogP contribution in [0.25, 0.3) is 0 Å². The van der Waals surface area contributed by atoms with Crippen LogP contribution in [0.15, 0.2) is 66.0 Å². The lowest BCUT2D eigenvalue weighted by Gasteiger charge is -2.33. The fourth-order valence-electron chi connectivity index (χ4n) is 4.69. The van der Waals surface area contributed by atoms with Crippen LogP contribution >= 0.6 is 11.3 Å². The van der Waals surface area contributed by atoms with Crippen molar-refractivity contribution in [2.24, 2.45) is 0 Å². The third-order valence-corrected chi connectivity index (χ3v) is 7.37. The molecule has 0 spiro atoms. The fourth-order valence-corrected chi connectivity index (χ4v) is 5.38. The van der Waals surface area contributed by atoms with E-state index in [9.17, 15) is 14.4 Å². The van der Waals surface area contributed by atoms with Crippen molar-refractivity contribution in [1.29, 1.82) is 0 Å². The van der Waals surface area contributed by atoms with Gasteiger partial charge < -0.3 is 10.6 Å². The van der Waals surface area contributed by atoms with Crippen LogP contribution < -0.4 is 15.5 Å². The zero-order chi connectivity index (χ0) is 25.5. The number of aryl methyl sites for hydroxylation is 1. The molecule has 1 fully saturated rings. The molecule has 1 unspecified atom stereocenters. The van der Waals surface area contributed by atoms with Crippen molar-refractivity contribution in [2.45, 2.75) is 64.5 Å². The molecule has 1 saturated carbocycles. The van der Waals surface area contributed by atoms with Crippen LogP contribution in [0.2, 0.25) is 0 Å². The van der Waals surface area contributed by atoms with E-state index in [1.807, 2.05) is 48.7 Å². The molecule has 0 aliphatic heterocycles. The Hall–Kier alpha value is -3.45. The first kappa shape index (κ1) is 25.6. The molecule has 0 saturated heterocycles. The lowest BCUT2D eigenvalue weighted by Crippen LogP contribution is -2.47. The number of anilines is 2. The number of nitrogens with zero attached hydrogens (tertiary/aromatic N) is 1. The Balaban J connectivity index is 1.73. The lowest BCUT2D eigenvalue weighted by molar-refractivity contribution is -0.127. The second-order valence-corrected chi connectivity index (χ2v) is 10.4. The summed E-state index contributed by atoms with van der Waals surface area (Å²) >= 11 is 1.52. The summed E-state index contributed by atoms with van der Waals surface area (Å²) in [7, 11) is 0. The molecule has 4 rings (SSSR count). The Morgan fingerprint density at radius 2 is 1.67 bits per heavy atom. The van der Waals surface area contributed by atoms with Gasteiger partial charge in [0.05, 0.1) is 6.42 Å². The summed E-state index contributed by atoms with van der Waals surface area (Å²) in [5, 5.41) is 7.95. The minimum absolute atomic E-state index is 0.121. The fraction of sp³-hybridized carbons (Fsp3) is 0.345. The van der Waals surface area contributed by atoms with E-state index in [0.717, 1.165) is 41.7 Å². The van der Waals surface area contributed by atoms with Gasteiger partial charge in [-0.1, -0.05) is 55.2 Å². The lowest BCUT2D eigenvalue weighted by atomic mass is 9.94. The van der Waals surface area contributed by atoms with E-state index < -0.39 is 6.04 Å². The van der Waals surface area contributed by atoms with Crippen LogP contribution in [0.5, 0.6) is 0 Å². The third kappa shape index (κ3) is 6.61. The highest BCUT2D eigenvalue weighted by molar-refractivity contribution is 7.10. The average Bonchev–Trinajstić information content (AvgIpc) is 3.37. The van der Waals surface area contributed by atoms with Crippen molar-refractivity contribution in [3.63, 3.8) is 0 Å². The number of hydrogen-bond acceptors (Lipinski definition) is 4. The smallest absolute Gasteiger partial charge is 0.248 e. The van der Waals surface area contributed by atoms with E-state index in [-0.39, 0.29) is 30.2 Å². The maximum atomic E-state index is 13.9. The van der Waals surface area contributed by atoms with Crippen LogP contribution in [0, 0.1) is 6.92 Å². The van der Waals surface area contributed by atoms with E-state index >= 15 is 0 Å². The molecule has 188 valence electrons. The predicted octanol–water partition coefficient (Wildman–Crippen LogP) is 5.78. The molecule has 1 aliphatic rings. The second kappa shape index (κ2) is 12.0. The Bertz CT molecular complexity index is 1170. The number of carbonyl (C=O) groups is 3. The Morgan fingerprint density at radius 1 is 0.972 bits per heavy atom. The maximum Gasteiger partial charge on any atom is 0.248 e. The van der Waals surface area contributed by atoms with Crippen molar-refractivity contribution in [2.75, 3.05) is 10.2 Å². The van der Waals surface area contributed by atoms with E-state index in [1.54, 1.807) is 29.2 Å². The predicted molar refractivity (Wildman–Crippen MR) is 145 cm³/mol. The van der Waals surface area contributed by atoms with Crippen molar-refractivity contribution < 1.29 is 14.4 Å². The first-order chi connectivity index (χ1) is 17.4. The molecule has 2 N–H and O–H groups in total. The zero-order valence-corrected chi connectivity index (χ0v) is 21.6. The summed E-state index contributed by atoms with van der Waals surface area (Å²) < 4.78 is 0. The molecule has 0 radical (unpaired) electrons. The summed E-state index contributed by atoms with van der Waals surface area (Å²) in [6.07, 6.45) is 5.52. The molecule has 1 atom stereocenters. The quantitative estimate of drug-likeness (QED) is 0.409. The molecule has 3 amide bonds. The van der Waals surface area contributed by atoms with Gasteiger partial charge in [-0.2, -0.15) is 0 Å². The maximum absolute atomic E-state index is 13.9. The third-order valence-electron chi connectivity index (χ3n) is 6.49. The minimum Gasteiger partial charge on any atom is -0.351 e. The monoisotopic (exact) mass is 503 g/mol. The van der Waals surface area contributed by atoms with Gasteiger partial charge in [-0.15, -0.1) is 11.3 Å². The highest BCUT2D eigenvalue weighted by Crippen LogP contribution is 2.31. The summed E-state index contributed by atoms with van der Waals surface area (Å²) in [6, 6.07) is 18.0. The van der Waals surface area contributed by atoms with E-state index in [2.05, 4.69) is 10.6 Å². The summed E-state index contributed by atoms with van der Waals surface area (Å²) in [5.41, 5.74) is 3.09. The van der Waals surface area contributed by atoms with Crippen LogP contribution in [0.1, 0.15) is 61.1 Å². The highest BCUT2D eigenvalue weighted by atomic mass is 32.1. The van der Waals surface area contributed by atoms with Gasteiger partial charge >= 0.3 is 0 Å². The molecular weight excluding hydrogens is 470 g/mol. The number of thiophene rings is 1. The number of amides is 3. The molecular formula is C29H33N3O3S. The van der Waals surface area contributed by atoms with Crippen LogP contribution in [0.4, 0.5) is 11.4 Å². The first-order valence-corrected chi connectivity index (χ1v) is 13.4. The van der Waals surface area contributed by atoms with Gasteiger partial charge in [0.1, 0.15) is 6.04 Å². The average molecular weight is 504 g/mol. The van der Waals surface area contributed by atoms with Gasteiger partial charge in [-0.3, -0.25) is 19.3 Å². The Labute approximate surface area is 216 Å². The molecule has 2 aromatic carbocycles. The van der Waals surface area contributed by atoms with Crippen molar-refractivity contribution in [3.8, 4) is 0 Å². The van der Waals surface area contributed by atoms with E-state index in [4.69, 9.17) is 0 Å². The van der Waals surface area contributed by atoms with Gasteiger partial charge in [0, 0.05) is 29.2 Å². The second-order valence-electron chi connectivity index (χ2n) is 9.40. The van der Waals surface area contributed by atoms with Crippen LogP contribution in [-0.2, 0) is 20.8 Å². The molecule has 1 heterocycles. The summed E-state index contributed by atoms with van der Waals surface area (Å²) in [6.45, 7) is 3.45. The summed E-state index contributed by atoms with van der Waals surface area (Å²) in [4.78, 5) is 41.7. The molecule has 1 aromatic heterocycles. The van der Waals surface area contributed by atoms with Gasteiger partial charge in [-0.05, 0) is 61.0 Å². The molecule has 1 aliphatic carbocycles. The number of carbonyl (C=O) groups excluding carboxylic acids is 3. The van der Waals surface area contributed by atoms with Crippen LogP contribution in [0.3, 0.4) is 0 Å². The summed E-state index contributed by atoms with van der Waals surface area (Å²) in [5.74, 6) is -0.497. The van der Waals surface area contributed by atoms with Crippen molar-refractivity contribution in [1.82, 2.24) is 5.32 Å². The number of benzene rings is 2. The Kier molecular flexibility index (Phi) is 8.54. The van der Waals surface area contributed by atoms with Crippen LogP contribution in [-0.4, -0.2) is 23.8 Å². The zero-order valence-electron chi connectivity index (χ0n) is 20.8. The van der Waals surface area contributed by atoms with Gasteiger partial charge in [0.25, 0.3) is 0 Å². The molecule has 36 heavy (non-hydrogen) atoms. The molecule has 7 heteroatoms. The van der Waals surface area contributed by atoms with Gasteiger partial charge in [0.15, 0.2) is 0 Å². The SMILES string of the molecule is CC(=O)Nc1ccc(N(C(=O)Cc2cccs2)C(C(=O)NC2CCCCC2)c2ccc(C)cc2)cc1. The number of rotatable bonds is 8. The number of nitrogens with one attached hydrogen (secondary N) is 2. The normalized spacial score (nSPS) is 14.6. The largest absolute Gasteiger partial charge is 0.351 e. The standard InChI is InChI=1S/C29H33N3O3S/c1-20-10-12-22(13-11-20)28(29(35)31-23-7-4-3-5-8-23)32(27(34)19-26-9-6-18-36-26)25-16-14-24(15-17-25)30-21(2)33/h6,9-18,23,28H,3-5,7-8,19H2,1-2H3,(H,30,33)(H,31,35). The topological polar surface area (TPSA) is 78.5 Å². The van der Waals surface area contributed by atoms with Gasteiger partial charge in [0.2, 0.25) is 17.7 Å². The molecule has 6 nitrogen and oxygen atoms in total. The van der Waals surface area contributed by atoms with Crippen molar-refractivity contribution >= 4 is 40.4 Å². The molecule has 3 aromatic rings.